The number of unbranched alkanes of at least 4 members (excludes halogenated alkanes) is 4. The van der Waals surface area contributed by atoms with Crippen LogP contribution in [0.25, 0.3) is 0 Å². The maximum atomic E-state index is 9.41. The molecule has 0 aromatic carbocycles. The van der Waals surface area contributed by atoms with Gasteiger partial charge in [-0.3, -0.25) is 0 Å². The molecule has 0 heterocycles. The van der Waals surface area contributed by atoms with Gasteiger partial charge in [0.2, 0.25) is 0 Å². The first-order chi connectivity index (χ1) is 8.07. The molecule has 1 heteroatoms. The van der Waals surface area contributed by atoms with E-state index in [1.54, 1.807) is 0 Å². The van der Waals surface area contributed by atoms with Gasteiger partial charge < -0.3 is 5.11 Å². The van der Waals surface area contributed by atoms with Crippen LogP contribution in [-0.4, -0.2) is 11.2 Å². The predicted molar refractivity (Wildman–Crippen MR) is 77.2 cm³/mol. The monoisotopic (exact) mass is 242 g/mol. The fourth-order valence-corrected chi connectivity index (χ4v) is 2.27. The molecule has 0 spiro atoms. The van der Waals surface area contributed by atoms with Crippen molar-refractivity contribution in [3.8, 4) is 0 Å². The average Bonchev–Trinajstić information content (AvgIpc) is 2.28. The van der Waals surface area contributed by atoms with Crippen LogP contribution < -0.4 is 0 Å². The van der Waals surface area contributed by atoms with Gasteiger partial charge in [0, 0.05) is 0 Å². The van der Waals surface area contributed by atoms with Crippen molar-refractivity contribution in [3.05, 3.63) is 0 Å². The summed E-state index contributed by atoms with van der Waals surface area (Å²) in [6.45, 7) is 8.71. The summed E-state index contributed by atoms with van der Waals surface area (Å²) in [6, 6.07) is 0. The highest BCUT2D eigenvalue weighted by Gasteiger charge is 2.09. The maximum Gasteiger partial charge on any atom is 0.0537 e. The van der Waals surface area contributed by atoms with Gasteiger partial charge in [0.05, 0.1) is 6.10 Å². The van der Waals surface area contributed by atoms with Crippen LogP contribution in [0.15, 0.2) is 0 Å². The van der Waals surface area contributed by atoms with E-state index < -0.39 is 0 Å². The van der Waals surface area contributed by atoms with E-state index in [4.69, 9.17) is 0 Å². The molecule has 0 aliphatic carbocycles. The standard InChI is InChI=1S/C16H34O/c1-5-6-7-8-9-11-14(2)12-10-13-15(3)16(4)17/h14-17H,5-13H2,1-4H3/t14-,15-,16+/m1/s1. The maximum absolute atomic E-state index is 9.41. The SMILES string of the molecule is CCCCCCC[C@@H](C)CCC[C@@H](C)[C@H](C)O. The first-order valence-electron chi connectivity index (χ1n) is 7.76. The highest BCUT2D eigenvalue weighted by molar-refractivity contribution is 4.61. The summed E-state index contributed by atoms with van der Waals surface area (Å²) in [6.07, 6.45) is 12.0. The molecule has 0 saturated heterocycles. The molecule has 0 bridgehead atoms. The van der Waals surface area contributed by atoms with Crippen molar-refractivity contribution in [2.45, 2.75) is 91.6 Å². The second-order valence-electron chi connectivity index (χ2n) is 5.96. The minimum atomic E-state index is -0.139. The van der Waals surface area contributed by atoms with Crippen LogP contribution in [0.1, 0.15) is 85.5 Å². The number of aliphatic hydroxyl groups is 1. The van der Waals surface area contributed by atoms with Crippen molar-refractivity contribution in [1.82, 2.24) is 0 Å². The van der Waals surface area contributed by atoms with Gasteiger partial charge in [-0.1, -0.05) is 72.1 Å². The summed E-state index contributed by atoms with van der Waals surface area (Å²) in [4.78, 5) is 0. The lowest BCUT2D eigenvalue weighted by atomic mass is 9.93. The van der Waals surface area contributed by atoms with Crippen LogP contribution >= 0.6 is 0 Å². The highest BCUT2D eigenvalue weighted by atomic mass is 16.3. The Morgan fingerprint density at radius 2 is 1.35 bits per heavy atom. The molecule has 0 aromatic rings. The molecule has 17 heavy (non-hydrogen) atoms. The van der Waals surface area contributed by atoms with E-state index in [2.05, 4.69) is 20.8 Å². The molecule has 0 aliphatic heterocycles. The van der Waals surface area contributed by atoms with Crippen LogP contribution in [0.3, 0.4) is 0 Å². The van der Waals surface area contributed by atoms with Gasteiger partial charge in [-0.25, -0.2) is 0 Å². The molecule has 0 fully saturated rings. The molecule has 0 amide bonds. The third-order valence-corrected chi connectivity index (χ3v) is 3.98. The Kier molecular flexibility index (Phi) is 11.0. The van der Waals surface area contributed by atoms with Gasteiger partial charge in [0.15, 0.2) is 0 Å². The Morgan fingerprint density at radius 3 is 1.94 bits per heavy atom. The van der Waals surface area contributed by atoms with Crippen molar-refractivity contribution in [1.29, 1.82) is 0 Å². The Morgan fingerprint density at radius 1 is 0.765 bits per heavy atom. The van der Waals surface area contributed by atoms with Crippen molar-refractivity contribution in [3.63, 3.8) is 0 Å². The molecule has 0 rings (SSSR count). The van der Waals surface area contributed by atoms with Gasteiger partial charge in [-0.2, -0.15) is 0 Å². The van der Waals surface area contributed by atoms with Gasteiger partial charge in [0.1, 0.15) is 0 Å². The number of hydrogen-bond donors (Lipinski definition) is 1. The van der Waals surface area contributed by atoms with Crippen molar-refractivity contribution < 1.29 is 5.11 Å². The topological polar surface area (TPSA) is 20.2 Å². The largest absolute Gasteiger partial charge is 0.393 e. The smallest absolute Gasteiger partial charge is 0.0537 e. The van der Waals surface area contributed by atoms with E-state index in [9.17, 15) is 5.11 Å². The number of rotatable bonds is 11. The average molecular weight is 242 g/mol. The molecule has 104 valence electrons. The molecular weight excluding hydrogens is 208 g/mol. The normalized spacial score (nSPS) is 16.8. The summed E-state index contributed by atoms with van der Waals surface area (Å²) in [5.74, 6) is 1.34. The quantitative estimate of drug-likeness (QED) is 0.496. The summed E-state index contributed by atoms with van der Waals surface area (Å²) < 4.78 is 0. The summed E-state index contributed by atoms with van der Waals surface area (Å²) in [5.41, 5.74) is 0. The zero-order valence-electron chi connectivity index (χ0n) is 12.5. The third-order valence-electron chi connectivity index (χ3n) is 3.98. The van der Waals surface area contributed by atoms with Crippen LogP contribution in [0, 0.1) is 11.8 Å². The van der Waals surface area contributed by atoms with Crippen molar-refractivity contribution >= 4 is 0 Å². The molecule has 1 nitrogen and oxygen atoms in total. The van der Waals surface area contributed by atoms with Crippen LogP contribution in [-0.2, 0) is 0 Å². The molecule has 0 radical (unpaired) electrons. The molecule has 0 unspecified atom stereocenters. The van der Waals surface area contributed by atoms with Gasteiger partial charge in [-0.15, -0.1) is 0 Å². The minimum Gasteiger partial charge on any atom is -0.393 e. The lowest BCUT2D eigenvalue weighted by molar-refractivity contribution is 0.127. The number of aliphatic hydroxyl groups excluding tert-OH is 1. The van der Waals surface area contributed by atoms with Crippen LogP contribution in [0.4, 0.5) is 0 Å². The van der Waals surface area contributed by atoms with E-state index in [1.807, 2.05) is 6.92 Å². The first-order valence-corrected chi connectivity index (χ1v) is 7.76. The first kappa shape index (κ1) is 17.0. The third kappa shape index (κ3) is 10.8. The van der Waals surface area contributed by atoms with E-state index in [0.29, 0.717) is 5.92 Å². The lowest BCUT2D eigenvalue weighted by Gasteiger charge is -2.16. The molecule has 1 N–H and O–H groups in total. The van der Waals surface area contributed by atoms with E-state index in [0.717, 1.165) is 5.92 Å². The molecule has 0 saturated carbocycles. The highest BCUT2D eigenvalue weighted by Crippen LogP contribution is 2.19. The fourth-order valence-electron chi connectivity index (χ4n) is 2.27. The second kappa shape index (κ2) is 11.1. The van der Waals surface area contributed by atoms with E-state index >= 15 is 0 Å². The zero-order chi connectivity index (χ0) is 13.1. The van der Waals surface area contributed by atoms with E-state index in [1.165, 1.54) is 57.8 Å². The summed E-state index contributed by atoms with van der Waals surface area (Å²) >= 11 is 0. The van der Waals surface area contributed by atoms with Crippen molar-refractivity contribution in [2.24, 2.45) is 11.8 Å². The van der Waals surface area contributed by atoms with Gasteiger partial charge in [-0.05, 0) is 25.2 Å². The minimum absolute atomic E-state index is 0.139. The summed E-state index contributed by atoms with van der Waals surface area (Å²) in [5, 5.41) is 9.41. The van der Waals surface area contributed by atoms with Crippen LogP contribution in [0.2, 0.25) is 0 Å². The molecule has 3 atom stereocenters. The van der Waals surface area contributed by atoms with Crippen LogP contribution in [0.5, 0.6) is 0 Å². The molecule has 0 aliphatic rings. The Bertz CT molecular complexity index is 154. The summed E-state index contributed by atoms with van der Waals surface area (Å²) in [7, 11) is 0. The predicted octanol–water partition coefficient (Wildman–Crippen LogP) is 5.17. The molecule has 0 aromatic heterocycles. The van der Waals surface area contributed by atoms with Crippen molar-refractivity contribution in [2.75, 3.05) is 0 Å². The number of hydrogen-bond acceptors (Lipinski definition) is 1. The Balaban J connectivity index is 3.31. The Hall–Kier alpha value is -0.0400. The fraction of sp³-hybridized carbons (Fsp3) is 1.00. The lowest BCUT2D eigenvalue weighted by Crippen LogP contribution is -2.13. The van der Waals surface area contributed by atoms with Gasteiger partial charge >= 0.3 is 0 Å². The van der Waals surface area contributed by atoms with Gasteiger partial charge in [0.25, 0.3) is 0 Å². The van der Waals surface area contributed by atoms with E-state index in [-0.39, 0.29) is 6.10 Å². The molecular formula is C16H34O. The second-order valence-corrected chi connectivity index (χ2v) is 5.96. The zero-order valence-corrected chi connectivity index (χ0v) is 12.5. The Labute approximate surface area is 109 Å².